The van der Waals surface area contributed by atoms with Crippen molar-refractivity contribution in [2.45, 2.75) is 63.8 Å². The van der Waals surface area contributed by atoms with Crippen molar-refractivity contribution in [1.29, 1.82) is 0 Å². The molecule has 2 fully saturated rings. The molecule has 4 nitrogen and oxygen atoms in total. The maximum absolute atomic E-state index is 12.3. The van der Waals surface area contributed by atoms with Crippen molar-refractivity contribution >= 4 is 30.7 Å². The first-order valence-electron chi connectivity index (χ1n) is 8.53. The molecule has 2 aliphatic rings. The fraction of sp³-hybridized carbons (Fsp3) is 0.938. The van der Waals surface area contributed by atoms with E-state index in [9.17, 15) is 4.79 Å². The third kappa shape index (κ3) is 7.03. The van der Waals surface area contributed by atoms with Gasteiger partial charge in [-0.1, -0.05) is 12.8 Å². The van der Waals surface area contributed by atoms with Crippen LogP contribution in [-0.4, -0.2) is 54.5 Å². The molecule has 0 spiro atoms. The summed E-state index contributed by atoms with van der Waals surface area (Å²) in [4.78, 5) is 17.1. The number of carbonyl (C=O) groups excluding carboxylic acids is 1. The second-order valence-corrected chi connectivity index (χ2v) is 6.34. The van der Waals surface area contributed by atoms with Crippen LogP contribution >= 0.6 is 24.8 Å². The summed E-state index contributed by atoms with van der Waals surface area (Å²) in [5, 5.41) is 0. The molecule has 2 saturated heterocycles. The third-order valence-corrected chi connectivity index (χ3v) is 4.71. The second kappa shape index (κ2) is 12.4. The molecule has 1 unspecified atom stereocenters. The molecule has 1 atom stereocenters. The zero-order valence-electron chi connectivity index (χ0n) is 13.7. The lowest BCUT2D eigenvalue weighted by molar-refractivity contribution is -0.132. The third-order valence-electron chi connectivity index (χ3n) is 4.71. The largest absolute Gasteiger partial charge is 0.338 e. The summed E-state index contributed by atoms with van der Waals surface area (Å²) < 4.78 is 0. The summed E-state index contributed by atoms with van der Waals surface area (Å²) in [5.41, 5.74) is 5.49. The van der Waals surface area contributed by atoms with Crippen molar-refractivity contribution in [2.75, 3.05) is 32.7 Å². The Morgan fingerprint density at radius 3 is 2.32 bits per heavy atom. The van der Waals surface area contributed by atoms with Gasteiger partial charge >= 0.3 is 0 Å². The van der Waals surface area contributed by atoms with Crippen LogP contribution in [0, 0.1) is 0 Å². The highest BCUT2D eigenvalue weighted by molar-refractivity contribution is 5.85. The van der Waals surface area contributed by atoms with Gasteiger partial charge in [0.15, 0.2) is 0 Å². The molecule has 2 rings (SSSR count). The Morgan fingerprint density at radius 2 is 1.64 bits per heavy atom. The van der Waals surface area contributed by atoms with Crippen LogP contribution in [0.1, 0.15) is 57.8 Å². The topological polar surface area (TPSA) is 49.6 Å². The number of hydrogen-bond acceptors (Lipinski definition) is 3. The molecule has 2 aliphatic heterocycles. The number of halogens is 2. The lowest BCUT2D eigenvalue weighted by Gasteiger charge is -2.28. The Labute approximate surface area is 148 Å². The van der Waals surface area contributed by atoms with E-state index in [1.54, 1.807) is 0 Å². The summed E-state index contributed by atoms with van der Waals surface area (Å²) in [6.07, 6.45) is 10.2. The van der Waals surface area contributed by atoms with Gasteiger partial charge in [-0.3, -0.25) is 4.79 Å². The summed E-state index contributed by atoms with van der Waals surface area (Å²) >= 11 is 0. The molecule has 6 heteroatoms. The van der Waals surface area contributed by atoms with Crippen LogP contribution in [0.2, 0.25) is 0 Å². The van der Waals surface area contributed by atoms with E-state index in [2.05, 4.69) is 9.80 Å². The number of hydrogen-bond donors (Lipinski definition) is 1. The summed E-state index contributed by atoms with van der Waals surface area (Å²) in [7, 11) is 0. The monoisotopic (exact) mass is 353 g/mol. The van der Waals surface area contributed by atoms with Crippen LogP contribution in [0.4, 0.5) is 0 Å². The van der Waals surface area contributed by atoms with Gasteiger partial charge in [-0.25, -0.2) is 0 Å². The number of amides is 1. The minimum Gasteiger partial charge on any atom is -0.338 e. The number of carbonyl (C=O) groups is 1. The molecule has 22 heavy (non-hydrogen) atoms. The average Bonchev–Trinajstić information content (AvgIpc) is 3.10. The molecule has 0 aromatic rings. The normalized spacial score (nSPS) is 21.5. The van der Waals surface area contributed by atoms with Gasteiger partial charge in [0.2, 0.25) is 5.91 Å². The maximum Gasteiger partial charge on any atom is 0.222 e. The molecule has 0 aromatic heterocycles. The number of nitrogens with zero attached hydrogens (tertiary/aromatic N) is 2. The first kappa shape index (κ1) is 22.0. The van der Waals surface area contributed by atoms with E-state index < -0.39 is 0 Å². The van der Waals surface area contributed by atoms with Gasteiger partial charge in [0, 0.05) is 25.6 Å². The highest BCUT2D eigenvalue weighted by Gasteiger charge is 2.30. The molecular weight excluding hydrogens is 321 g/mol. The molecule has 2 heterocycles. The molecule has 132 valence electrons. The summed E-state index contributed by atoms with van der Waals surface area (Å²) in [6, 6.07) is 0.490. The minimum absolute atomic E-state index is 0. The molecule has 0 aromatic carbocycles. The lowest BCUT2D eigenvalue weighted by atomic mass is 10.1. The fourth-order valence-electron chi connectivity index (χ4n) is 3.53. The quantitative estimate of drug-likeness (QED) is 0.682. The molecule has 0 bridgehead atoms. The van der Waals surface area contributed by atoms with Crippen molar-refractivity contribution < 1.29 is 4.79 Å². The average molecular weight is 354 g/mol. The van der Waals surface area contributed by atoms with Gasteiger partial charge in [0.25, 0.3) is 0 Å². The molecule has 0 saturated carbocycles. The van der Waals surface area contributed by atoms with Crippen LogP contribution in [0.5, 0.6) is 0 Å². The number of rotatable bonds is 8. The maximum atomic E-state index is 12.3. The van der Waals surface area contributed by atoms with Crippen molar-refractivity contribution in [3.05, 3.63) is 0 Å². The highest BCUT2D eigenvalue weighted by atomic mass is 35.5. The number of unbranched alkanes of at least 4 members (excludes halogenated alkanes) is 3. The molecule has 2 N–H and O–H groups in total. The first-order valence-corrected chi connectivity index (χ1v) is 8.53. The highest BCUT2D eigenvalue weighted by Crippen LogP contribution is 2.21. The van der Waals surface area contributed by atoms with E-state index >= 15 is 0 Å². The van der Waals surface area contributed by atoms with Crippen LogP contribution in [0.3, 0.4) is 0 Å². The van der Waals surface area contributed by atoms with Gasteiger partial charge in [-0.15, -0.1) is 24.8 Å². The predicted octanol–water partition coefficient (Wildman–Crippen LogP) is 2.83. The standard InChI is InChI=1S/C16H31N3O.2ClH/c17-10-4-2-1-3-9-16(20)19-13-7-8-15(19)14-18-11-5-6-12-18;;/h15H,1-14,17H2;2*1H. The van der Waals surface area contributed by atoms with Crippen molar-refractivity contribution in [2.24, 2.45) is 5.73 Å². The smallest absolute Gasteiger partial charge is 0.222 e. The van der Waals surface area contributed by atoms with Crippen LogP contribution in [0.25, 0.3) is 0 Å². The Balaban J connectivity index is 0.00000220. The second-order valence-electron chi connectivity index (χ2n) is 6.34. The molecule has 0 aliphatic carbocycles. The minimum atomic E-state index is 0. The number of nitrogens with two attached hydrogens (primary N) is 1. The Bertz CT molecular complexity index is 299. The van der Waals surface area contributed by atoms with Gasteiger partial charge in [-0.05, 0) is 58.2 Å². The zero-order valence-corrected chi connectivity index (χ0v) is 15.3. The van der Waals surface area contributed by atoms with Gasteiger partial charge in [-0.2, -0.15) is 0 Å². The van der Waals surface area contributed by atoms with E-state index in [0.29, 0.717) is 11.9 Å². The van der Waals surface area contributed by atoms with Crippen molar-refractivity contribution in [3.8, 4) is 0 Å². The van der Waals surface area contributed by atoms with Crippen molar-refractivity contribution in [1.82, 2.24) is 9.80 Å². The predicted molar refractivity (Wildman–Crippen MR) is 97.0 cm³/mol. The number of likely N-dealkylation sites (tertiary alicyclic amines) is 2. The SMILES string of the molecule is Cl.Cl.NCCCCCCC(=O)N1CCCC1CN1CCCC1. The van der Waals surface area contributed by atoms with E-state index in [1.165, 1.54) is 45.2 Å². The van der Waals surface area contributed by atoms with E-state index in [1.807, 2.05) is 0 Å². The van der Waals surface area contributed by atoms with Crippen molar-refractivity contribution in [3.63, 3.8) is 0 Å². The Morgan fingerprint density at radius 1 is 0.955 bits per heavy atom. The van der Waals surface area contributed by atoms with Crippen LogP contribution in [-0.2, 0) is 4.79 Å². The van der Waals surface area contributed by atoms with E-state index in [4.69, 9.17) is 5.73 Å². The zero-order chi connectivity index (χ0) is 14.2. The first-order chi connectivity index (χ1) is 9.81. The summed E-state index contributed by atoms with van der Waals surface area (Å²) in [5.74, 6) is 0.388. The van der Waals surface area contributed by atoms with Gasteiger partial charge in [0.1, 0.15) is 0 Å². The van der Waals surface area contributed by atoms with Crippen LogP contribution < -0.4 is 5.73 Å². The Hall–Kier alpha value is -0.0300. The molecular formula is C16H33Cl2N3O. The van der Waals surface area contributed by atoms with Gasteiger partial charge in [0.05, 0.1) is 0 Å². The van der Waals surface area contributed by atoms with Crippen LogP contribution in [0.15, 0.2) is 0 Å². The summed E-state index contributed by atoms with van der Waals surface area (Å²) in [6.45, 7) is 5.34. The fourth-order valence-corrected chi connectivity index (χ4v) is 3.53. The van der Waals surface area contributed by atoms with E-state index in [-0.39, 0.29) is 24.8 Å². The Kier molecular flexibility index (Phi) is 12.4. The lowest BCUT2D eigenvalue weighted by Crippen LogP contribution is -2.42. The van der Waals surface area contributed by atoms with E-state index in [0.717, 1.165) is 45.3 Å². The molecule has 0 radical (unpaired) electrons. The molecule has 1 amide bonds. The van der Waals surface area contributed by atoms with Gasteiger partial charge < -0.3 is 15.5 Å².